The molecule has 1 aromatic carbocycles. The number of aromatic nitrogens is 2. The summed E-state index contributed by atoms with van der Waals surface area (Å²) in [5.74, 6) is 7.83. The number of anilines is 1. The van der Waals surface area contributed by atoms with Crippen LogP contribution in [0.25, 0.3) is 21.3 Å². The first-order chi connectivity index (χ1) is 13.8. The summed E-state index contributed by atoms with van der Waals surface area (Å²) in [6.45, 7) is 6.80. The molecule has 1 aliphatic heterocycles. The van der Waals surface area contributed by atoms with E-state index in [0.717, 1.165) is 67.7 Å². The van der Waals surface area contributed by atoms with Gasteiger partial charge in [-0.2, -0.15) is 0 Å². The summed E-state index contributed by atoms with van der Waals surface area (Å²) in [5.41, 5.74) is 2.37. The Hall–Kier alpha value is -2.46. The molecule has 1 N–H and O–H groups in total. The van der Waals surface area contributed by atoms with Crippen LogP contribution >= 0.6 is 11.3 Å². The Bertz CT molecular complexity index is 984. The van der Waals surface area contributed by atoms with Crippen LogP contribution in [0.15, 0.2) is 35.7 Å². The SMILES string of the molecule is CC#CCCNc1nc(CN2CCOCC2)nc2scc(-c3ccccc3)c12. The molecule has 2 aromatic heterocycles. The van der Waals surface area contributed by atoms with Gasteiger partial charge in [0.15, 0.2) is 0 Å². The van der Waals surface area contributed by atoms with Crippen LogP contribution in [0, 0.1) is 11.8 Å². The first-order valence-electron chi connectivity index (χ1n) is 9.62. The highest BCUT2D eigenvalue weighted by atomic mass is 32.1. The van der Waals surface area contributed by atoms with Crippen LogP contribution in [0.4, 0.5) is 5.82 Å². The topological polar surface area (TPSA) is 50.3 Å². The predicted molar refractivity (Wildman–Crippen MR) is 116 cm³/mol. The van der Waals surface area contributed by atoms with Crippen LogP contribution in [-0.2, 0) is 11.3 Å². The van der Waals surface area contributed by atoms with Crippen LogP contribution in [-0.4, -0.2) is 47.7 Å². The monoisotopic (exact) mass is 392 g/mol. The Morgan fingerprint density at radius 2 is 2.00 bits per heavy atom. The van der Waals surface area contributed by atoms with Crippen LogP contribution in [0.1, 0.15) is 19.2 Å². The van der Waals surface area contributed by atoms with E-state index in [-0.39, 0.29) is 0 Å². The fraction of sp³-hybridized carbons (Fsp3) is 0.364. The van der Waals surface area contributed by atoms with Crippen molar-refractivity contribution in [2.75, 3.05) is 38.2 Å². The Kier molecular flexibility index (Phi) is 6.17. The Balaban J connectivity index is 1.69. The van der Waals surface area contributed by atoms with E-state index >= 15 is 0 Å². The minimum Gasteiger partial charge on any atom is -0.379 e. The molecule has 0 saturated carbocycles. The number of nitrogens with zero attached hydrogens (tertiary/aromatic N) is 3. The van der Waals surface area contributed by atoms with E-state index in [2.05, 4.69) is 51.7 Å². The largest absolute Gasteiger partial charge is 0.379 e. The van der Waals surface area contributed by atoms with Gasteiger partial charge in [-0.25, -0.2) is 9.97 Å². The summed E-state index contributed by atoms with van der Waals surface area (Å²) in [6, 6.07) is 10.4. The van der Waals surface area contributed by atoms with Crippen molar-refractivity contribution in [1.29, 1.82) is 0 Å². The van der Waals surface area contributed by atoms with Crippen molar-refractivity contribution in [2.45, 2.75) is 19.9 Å². The highest BCUT2D eigenvalue weighted by molar-refractivity contribution is 7.17. The molecule has 28 heavy (non-hydrogen) atoms. The molecule has 144 valence electrons. The number of thiophene rings is 1. The zero-order valence-electron chi connectivity index (χ0n) is 16.1. The Morgan fingerprint density at radius 1 is 1.18 bits per heavy atom. The summed E-state index contributed by atoms with van der Waals surface area (Å²) in [4.78, 5) is 13.2. The maximum absolute atomic E-state index is 5.45. The minimum absolute atomic E-state index is 0.751. The number of morpholine rings is 1. The lowest BCUT2D eigenvalue weighted by Gasteiger charge is -2.25. The molecule has 3 heterocycles. The van der Waals surface area contributed by atoms with E-state index in [0.29, 0.717) is 0 Å². The number of rotatable bonds is 6. The van der Waals surface area contributed by atoms with Crippen molar-refractivity contribution >= 4 is 27.4 Å². The van der Waals surface area contributed by atoms with E-state index in [4.69, 9.17) is 14.7 Å². The third-order valence-corrected chi connectivity index (χ3v) is 5.62. The maximum atomic E-state index is 5.45. The third-order valence-electron chi connectivity index (χ3n) is 4.75. The van der Waals surface area contributed by atoms with Crippen LogP contribution in [0.2, 0.25) is 0 Å². The predicted octanol–water partition coefficient (Wildman–Crippen LogP) is 4.02. The molecule has 4 rings (SSSR count). The molecule has 3 aromatic rings. The molecule has 1 saturated heterocycles. The van der Waals surface area contributed by atoms with Gasteiger partial charge in [0.2, 0.25) is 0 Å². The van der Waals surface area contributed by atoms with Gasteiger partial charge in [0.25, 0.3) is 0 Å². The van der Waals surface area contributed by atoms with E-state index in [9.17, 15) is 0 Å². The molecule has 0 unspecified atom stereocenters. The zero-order valence-corrected chi connectivity index (χ0v) is 16.9. The Morgan fingerprint density at radius 3 is 2.79 bits per heavy atom. The molecule has 5 nitrogen and oxygen atoms in total. The summed E-state index contributed by atoms with van der Waals surface area (Å²) in [6.07, 6.45) is 0.797. The van der Waals surface area contributed by atoms with Crippen molar-refractivity contribution in [2.24, 2.45) is 0 Å². The number of hydrogen-bond acceptors (Lipinski definition) is 6. The fourth-order valence-corrected chi connectivity index (χ4v) is 4.31. The van der Waals surface area contributed by atoms with Gasteiger partial charge in [0, 0.05) is 37.0 Å². The lowest BCUT2D eigenvalue weighted by Crippen LogP contribution is -2.36. The third kappa shape index (κ3) is 4.33. The van der Waals surface area contributed by atoms with E-state index in [1.807, 2.05) is 13.0 Å². The second kappa shape index (κ2) is 9.16. The molecule has 0 spiro atoms. The molecule has 6 heteroatoms. The molecule has 0 radical (unpaired) electrons. The number of hydrogen-bond donors (Lipinski definition) is 1. The first-order valence-corrected chi connectivity index (χ1v) is 10.5. The minimum atomic E-state index is 0.751. The van der Waals surface area contributed by atoms with Crippen molar-refractivity contribution in [3.8, 4) is 23.0 Å². The number of benzene rings is 1. The quantitative estimate of drug-likeness (QED) is 0.507. The van der Waals surface area contributed by atoms with E-state index < -0.39 is 0 Å². The first kappa shape index (κ1) is 18.9. The smallest absolute Gasteiger partial charge is 0.146 e. The summed E-state index contributed by atoms with van der Waals surface area (Å²) in [5, 5.41) is 6.79. The summed E-state index contributed by atoms with van der Waals surface area (Å²) >= 11 is 1.68. The van der Waals surface area contributed by atoms with Gasteiger partial charge in [0.1, 0.15) is 16.5 Å². The second-order valence-corrected chi connectivity index (χ2v) is 7.53. The summed E-state index contributed by atoms with van der Waals surface area (Å²) < 4.78 is 5.45. The number of fused-ring (bicyclic) bond motifs is 1. The number of ether oxygens (including phenoxy) is 1. The van der Waals surface area contributed by atoms with Crippen LogP contribution < -0.4 is 5.32 Å². The molecule has 0 atom stereocenters. The normalized spacial score (nSPS) is 14.6. The van der Waals surface area contributed by atoms with Gasteiger partial charge >= 0.3 is 0 Å². The lowest BCUT2D eigenvalue weighted by molar-refractivity contribution is 0.0331. The van der Waals surface area contributed by atoms with Gasteiger partial charge in [-0.1, -0.05) is 30.3 Å². The van der Waals surface area contributed by atoms with E-state index in [1.54, 1.807) is 11.3 Å². The second-order valence-electron chi connectivity index (χ2n) is 6.68. The van der Waals surface area contributed by atoms with Gasteiger partial charge in [-0.05, 0) is 12.5 Å². The van der Waals surface area contributed by atoms with E-state index in [1.165, 1.54) is 11.1 Å². The average molecular weight is 393 g/mol. The van der Waals surface area contributed by atoms with Gasteiger partial charge in [0.05, 0.1) is 25.1 Å². The lowest BCUT2D eigenvalue weighted by atomic mass is 10.1. The van der Waals surface area contributed by atoms with Crippen molar-refractivity contribution in [3.63, 3.8) is 0 Å². The standard InChI is InChI=1S/C22H24N4OS/c1-2-3-7-10-23-21-20-18(17-8-5-4-6-9-17)16-28-22(20)25-19(24-21)15-26-11-13-27-14-12-26/h4-6,8-9,16H,7,10-15H2,1H3,(H,23,24,25). The molecule has 1 fully saturated rings. The number of nitrogens with one attached hydrogen (secondary N) is 1. The average Bonchev–Trinajstić information content (AvgIpc) is 3.17. The van der Waals surface area contributed by atoms with Crippen molar-refractivity contribution < 1.29 is 4.74 Å². The van der Waals surface area contributed by atoms with Gasteiger partial charge in [-0.3, -0.25) is 4.90 Å². The molecule has 0 aliphatic carbocycles. The molecule has 0 amide bonds. The molecule has 0 bridgehead atoms. The Labute approximate surface area is 169 Å². The van der Waals surface area contributed by atoms with Crippen molar-refractivity contribution in [3.05, 3.63) is 41.5 Å². The van der Waals surface area contributed by atoms with Gasteiger partial charge < -0.3 is 10.1 Å². The highest BCUT2D eigenvalue weighted by Gasteiger charge is 2.18. The molecular formula is C22H24N4OS. The molecular weight excluding hydrogens is 368 g/mol. The fourth-order valence-electron chi connectivity index (χ4n) is 3.34. The molecule has 1 aliphatic rings. The van der Waals surface area contributed by atoms with Gasteiger partial charge in [-0.15, -0.1) is 23.2 Å². The van der Waals surface area contributed by atoms with Crippen molar-refractivity contribution in [1.82, 2.24) is 14.9 Å². The maximum Gasteiger partial charge on any atom is 0.146 e. The van der Waals surface area contributed by atoms with Crippen LogP contribution in [0.5, 0.6) is 0 Å². The van der Waals surface area contributed by atoms with Crippen LogP contribution in [0.3, 0.4) is 0 Å². The summed E-state index contributed by atoms with van der Waals surface area (Å²) in [7, 11) is 0. The highest BCUT2D eigenvalue weighted by Crippen LogP contribution is 2.37. The zero-order chi connectivity index (χ0) is 19.2.